The van der Waals surface area contributed by atoms with Gasteiger partial charge in [0.25, 0.3) is 5.91 Å². The van der Waals surface area contributed by atoms with Crippen molar-refractivity contribution in [3.05, 3.63) is 60.2 Å². The maximum absolute atomic E-state index is 13.0. The van der Waals surface area contributed by atoms with Gasteiger partial charge < -0.3 is 14.8 Å². The molecule has 1 heterocycles. The normalized spacial score (nSPS) is 14.8. The average Bonchev–Trinajstić information content (AvgIpc) is 2.83. The monoisotopic (exact) mass is 446 g/mol. The number of para-hydroxylation sites is 1. The van der Waals surface area contributed by atoms with E-state index in [0.717, 1.165) is 37.0 Å². The van der Waals surface area contributed by atoms with Crippen LogP contribution in [0.2, 0.25) is 0 Å². The van der Waals surface area contributed by atoms with Gasteiger partial charge in [0.1, 0.15) is 5.75 Å². The summed E-state index contributed by atoms with van der Waals surface area (Å²) in [5, 5.41) is 3.73. The van der Waals surface area contributed by atoms with E-state index < -0.39 is 5.97 Å². The number of methoxy groups -OCH3 is 1. The number of rotatable bonds is 6. The summed E-state index contributed by atoms with van der Waals surface area (Å²) >= 11 is 0. The molecule has 2 aromatic carbocycles. The summed E-state index contributed by atoms with van der Waals surface area (Å²) in [5.41, 5.74) is 2.60. The molecule has 1 saturated carbocycles. The van der Waals surface area contributed by atoms with Crippen molar-refractivity contribution in [1.82, 2.24) is 10.3 Å². The van der Waals surface area contributed by atoms with Crippen LogP contribution in [-0.4, -0.2) is 36.6 Å². The van der Waals surface area contributed by atoms with Crippen LogP contribution in [0.4, 0.5) is 0 Å². The number of carbonyl (C=O) groups excluding carboxylic acids is 2. The van der Waals surface area contributed by atoms with Crippen molar-refractivity contribution < 1.29 is 19.1 Å². The summed E-state index contributed by atoms with van der Waals surface area (Å²) in [7, 11) is 1.62. The first-order valence-electron chi connectivity index (χ1n) is 11.6. The zero-order valence-corrected chi connectivity index (χ0v) is 19.0. The summed E-state index contributed by atoms with van der Waals surface area (Å²) in [6.45, 7) is -0.288. The Morgan fingerprint density at radius 1 is 0.970 bits per heavy atom. The van der Waals surface area contributed by atoms with E-state index >= 15 is 0 Å². The molecule has 6 heteroatoms. The van der Waals surface area contributed by atoms with Gasteiger partial charge in [-0.15, -0.1) is 0 Å². The molecule has 6 nitrogen and oxygen atoms in total. The molecule has 172 valence electrons. The number of esters is 1. The lowest BCUT2D eigenvalue weighted by molar-refractivity contribution is -0.125. The molecule has 4 rings (SSSR count). The molecule has 1 aliphatic carbocycles. The van der Waals surface area contributed by atoms with E-state index in [-0.39, 0.29) is 18.6 Å². The van der Waals surface area contributed by atoms with Crippen molar-refractivity contribution in [3.63, 3.8) is 0 Å². The first-order chi connectivity index (χ1) is 16.1. The molecule has 1 amide bonds. The zero-order valence-electron chi connectivity index (χ0n) is 19.0. The number of fused-ring (bicyclic) bond motifs is 1. The minimum absolute atomic E-state index is 0.167. The Hall–Kier alpha value is -3.41. The molecule has 0 atom stereocenters. The second-order valence-electron chi connectivity index (χ2n) is 8.49. The molecule has 33 heavy (non-hydrogen) atoms. The zero-order chi connectivity index (χ0) is 23.0. The number of hydrogen-bond acceptors (Lipinski definition) is 5. The predicted molar refractivity (Wildman–Crippen MR) is 128 cm³/mol. The van der Waals surface area contributed by atoms with E-state index in [1.54, 1.807) is 13.2 Å². The SMILES string of the molecule is COc1ccc(-c2cc(C(=O)OCC(=O)NC3CCCCCCC3)c3ccccc3n2)cc1. The van der Waals surface area contributed by atoms with Crippen LogP contribution in [0.5, 0.6) is 5.75 Å². The molecule has 0 saturated heterocycles. The molecule has 1 aromatic heterocycles. The highest BCUT2D eigenvalue weighted by atomic mass is 16.5. The molecular formula is C27H30N2O4. The number of ether oxygens (including phenoxy) is 2. The third-order valence-corrected chi connectivity index (χ3v) is 6.13. The fourth-order valence-electron chi connectivity index (χ4n) is 4.33. The Morgan fingerprint density at radius 2 is 1.67 bits per heavy atom. The number of nitrogens with zero attached hydrogens (tertiary/aromatic N) is 1. The summed E-state index contributed by atoms with van der Waals surface area (Å²) in [5.74, 6) is -0.0340. The lowest BCUT2D eigenvalue weighted by Crippen LogP contribution is -2.38. The third kappa shape index (κ3) is 5.89. The fraction of sp³-hybridized carbons (Fsp3) is 0.370. The molecular weight excluding hydrogens is 416 g/mol. The van der Waals surface area contributed by atoms with Gasteiger partial charge in [0.15, 0.2) is 6.61 Å². The maximum Gasteiger partial charge on any atom is 0.339 e. The standard InChI is InChI=1S/C27H30N2O4/c1-32-21-15-13-19(14-16-21)25-17-23(22-11-7-8-12-24(22)29-25)27(31)33-18-26(30)28-20-9-5-3-2-4-6-10-20/h7-8,11-17,20H,2-6,9-10,18H2,1H3,(H,28,30). The van der Waals surface area contributed by atoms with Crippen LogP contribution in [0.15, 0.2) is 54.6 Å². The Balaban J connectivity index is 1.49. The second kappa shape index (κ2) is 10.9. The topological polar surface area (TPSA) is 77.5 Å². The van der Waals surface area contributed by atoms with Gasteiger partial charge in [-0.05, 0) is 49.2 Å². The number of nitrogens with one attached hydrogen (secondary N) is 1. The van der Waals surface area contributed by atoms with Crippen molar-refractivity contribution in [3.8, 4) is 17.0 Å². The first-order valence-corrected chi connectivity index (χ1v) is 11.6. The second-order valence-corrected chi connectivity index (χ2v) is 8.49. The van der Waals surface area contributed by atoms with Crippen molar-refractivity contribution in [2.45, 2.75) is 51.0 Å². The van der Waals surface area contributed by atoms with Crippen LogP contribution >= 0.6 is 0 Å². The highest BCUT2D eigenvalue weighted by Crippen LogP contribution is 2.27. The van der Waals surface area contributed by atoms with Gasteiger partial charge >= 0.3 is 5.97 Å². The number of hydrogen-bond donors (Lipinski definition) is 1. The lowest BCUT2D eigenvalue weighted by atomic mass is 9.97. The summed E-state index contributed by atoms with van der Waals surface area (Å²) in [4.78, 5) is 30.1. The van der Waals surface area contributed by atoms with Crippen LogP contribution < -0.4 is 10.1 Å². The van der Waals surface area contributed by atoms with Crippen molar-refractivity contribution in [1.29, 1.82) is 0 Å². The van der Waals surface area contributed by atoms with E-state index in [9.17, 15) is 9.59 Å². The van der Waals surface area contributed by atoms with Crippen LogP contribution in [0.3, 0.4) is 0 Å². The Labute approximate surface area is 194 Å². The van der Waals surface area contributed by atoms with E-state index in [2.05, 4.69) is 5.32 Å². The molecule has 0 spiro atoms. The van der Waals surface area contributed by atoms with Crippen molar-refractivity contribution in [2.24, 2.45) is 0 Å². The molecule has 0 bridgehead atoms. The fourth-order valence-corrected chi connectivity index (χ4v) is 4.33. The van der Waals surface area contributed by atoms with E-state index in [1.165, 1.54) is 19.3 Å². The Bertz CT molecular complexity index is 1100. The number of benzene rings is 2. The number of pyridine rings is 1. The summed E-state index contributed by atoms with van der Waals surface area (Å²) in [6.07, 6.45) is 7.93. The minimum atomic E-state index is -0.531. The molecule has 1 aliphatic rings. The van der Waals surface area contributed by atoms with E-state index in [4.69, 9.17) is 14.5 Å². The van der Waals surface area contributed by atoms with E-state index in [1.807, 2.05) is 48.5 Å². The maximum atomic E-state index is 13.0. The number of amides is 1. The van der Waals surface area contributed by atoms with Crippen molar-refractivity contribution in [2.75, 3.05) is 13.7 Å². The quantitative estimate of drug-likeness (QED) is 0.520. The smallest absolute Gasteiger partial charge is 0.339 e. The summed E-state index contributed by atoms with van der Waals surface area (Å²) < 4.78 is 10.7. The number of aromatic nitrogens is 1. The van der Waals surface area contributed by atoms with Crippen LogP contribution in [0.1, 0.15) is 55.3 Å². The molecule has 0 radical (unpaired) electrons. The third-order valence-electron chi connectivity index (χ3n) is 6.13. The molecule has 1 fully saturated rings. The molecule has 0 unspecified atom stereocenters. The largest absolute Gasteiger partial charge is 0.497 e. The molecule has 1 N–H and O–H groups in total. The van der Waals surface area contributed by atoms with Gasteiger partial charge in [-0.3, -0.25) is 4.79 Å². The highest BCUT2D eigenvalue weighted by Gasteiger charge is 2.18. The minimum Gasteiger partial charge on any atom is -0.497 e. The first kappa shape index (κ1) is 22.8. The molecule has 0 aliphatic heterocycles. The van der Waals surface area contributed by atoms with Gasteiger partial charge in [-0.1, -0.05) is 50.3 Å². The predicted octanol–water partition coefficient (Wildman–Crippen LogP) is 5.30. The lowest BCUT2D eigenvalue weighted by Gasteiger charge is -2.21. The van der Waals surface area contributed by atoms with Gasteiger partial charge in [0.2, 0.25) is 0 Å². The highest BCUT2D eigenvalue weighted by molar-refractivity contribution is 6.05. The van der Waals surface area contributed by atoms with E-state index in [0.29, 0.717) is 22.2 Å². The molecule has 3 aromatic rings. The Kier molecular flexibility index (Phi) is 7.55. The van der Waals surface area contributed by atoms with Gasteiger partial charge in [-0.25, -0.2) is 9.78 Å². The van der Waals surface area contributed by atoms with Crippen LogP contribution in [-0.2, 0) is 9.53 Å². The number of carbonyl (C=O) groups is 2. The van der Waals surface area contributed by atoms with Gasteiger partial charge in [0, 0.05) is 17.0 Å². The van der Waals surface area contributed by atoms with Crippen molar-refractivity contribution >= 4 is 22.8 Å². The average molecular weight is 447 g/mol. The van der Waals surface area contributed by atoms with Crippen LogP contribution in [0.25, 0.3) is 22.2 Å². The van der Waals surface area contributed by atoms with Crippen LogP contribution in [0, 0.1) is 0 Å². The van der Waals surface area contributed by atoms with Gasteiger partial charge in [-0.2, -0.15) is 0 Å². The summed E-state index contributed by atoms with van der Waals surface area (Å²) in [6, 6.07) is 16.8. The van der Waals surface area contributed by atoms with Gasteiger partial charge in [0.05, 0.1) is 23.9 Å². The Morgan fingerprint density at radius 3 is 2.39 bits per heavy atom.